The van der Waals surface area contributed by atoms with Crippen molar-refractivity contribution in [3.63, 3.8) is 0 Å². The summed E-state index contributed by atoms with van der Waals surface area (Å²) in [5.41, 5.74) is 8.83. The van der Waals surface area contributed by atoms with Gasteiger partial charge in [-0.2, -0.15) is 5.10 Å². The van der Waals surface area contributed by atoms with E-state index in [9.17, 15) is 4.79 Å². The van der Waals surface area contributed by atoms with Gasteiger partial charge in [0.25, 0.3) is 5.56 Å². The maximum atomic E-state index is 13.8. The molecule has 0 saturated heterocycles. The van der Waals surface area contributed by atoms with Crippen LogP contribution in [0.1, 0.15) is 0 Å². The summed E-state index contributed by atoms with van der Waals surface area (Å²) in [6, 6.07) is 19.1. The molecule has 0 amide bonds. The van der Waals surface area contributed by atoms with E-state index in [1.54, 1.807) is 54.6 Å². The summed E-state index contributed by atoms with van der Waals surface area (Å²) >= 11 is 18.6. The minimum Gasteiger partial charge on any atom is -0.399 e. The maximum absolute atomic E-state index is 13.8. The highest BCUT2D eigenvalue weighted by Gasteiger charge is 2.21. The molecule has 2 aromatic heterocycles. The number of halogens is 3. The third kappa shape index (κ3) is 3.52. The Morgan fingerprint density at radius 2 is 1.56 bits per heavy atom. The zero-order chi connectivity index (χ0) is 22.4. The normalized spacial score (nSPS) is 11.2. The summed E-state index contributed by atoms with van der Waals surface area (Å²) in [6.07, 6.45) is 0. The van der Waals surface area contributed by atoms with Crippen molar-refractivity contribution in [3.8, 4) is 28.3 Å². The predicted molar refractivity (Wildman–Crippen MR) is 130 cm³/mol. The average Bonchev–Trinajstić information content (AvgIpc) is 3.20. The number of nitrogens with two attached hydrogens (primary N) is 1. The molecule has 0 saturated carbocycles. The van der Waals surface area contributed by atoms with E-state index < -0.39 is 0 Å². The topological polar surface area (TPSA) is 89.6 Å². The molecule has 0 atom stereocenters. The molecule has 2 heterocycles. The highest BCUT2D eigenvalue weighted by molar-refractivity contribution is 6.36. The van der Waals surface area contributed by atoms with Crippen LogP contribution in [0.3, 0.4) is 0 Å². The first-order valence-corrected chi connectivity index (χ1v) is 10.6. The molecule has 0 aliphatic heterocycles. The van der Waals surface area contributed by atoms with E-state index >= 15 is 0 Å². The van der Waals surface area contributed by atoms with Gasteiger partial charge in [-0.05, 0) is 54.6 Å². The number of fused-ring (bicyclic) bond motifs is 1. The Morgan fingerprint density at radius 1 is 0.875 bits per heavy atom. The molecular formula is C23H14Cl3N5O. The molecular weight excluding hydrogens is 469 g/mol. The maximum Gasteiger partial charge on any atom is 0.270 e. The van der Waals surface area contributed by atoms with Crippen molar-refractivity contribution < 1.29 is 0 Å². The van der Waals surface area contributed by atoms with Crippen LogP contribution in [0.5, 0.6) is 0 Å². The Bertz CT molecular complexity index is 1520. The van der Waals surface area contributed by atoms with Crippen LogP contribution in [-0.4, -0.2) is 19.7 Å². The summed E-state index contributed by atoms with van der Waals surface area (Å²) in [6.45, 7) is 0. The number of aromatic amines is 1. The largest absolute Gasteiger partial charge is 0.399 e. The van der Waals surface area contributed by atoms with Crippen LogP contribution in [0.4, 0.5) is 5.69 Å². The van der Waals surface area contributed by atoms with Gasteiger partial charge in [-0.25, -0.2) is 4.98 Å². The van der Waals surface area contributed by atoms with Gasteiger partial charge < -0.3 is 5.73 Å². The Hall–Kier alpha value is -3.32. The quantitative estimate of drug-likeness (QED) is 0.309. The lowest BCUT2D eigenvalue weighted by Crippen LogP contribution is -2.22. The van der Waals surface area contributed by atoms with Crippen molar-refractivity contribution in [3.05, 3.63) is 92.2 Å². The van der Waals surface area contributed by atoms with Crippen LogP contribution in [-0.2, 0) is 0 Å². The van der Waals surface area contributed by atoms with Gasteiger partial charge in [-0.15, -0.1) is 0 Å². The lowest BCUT2D eigenvalue weighted by Gasteiger charge is -2.14. The fourth-order valence-corrected chi connectivity index (χ4v) is 4.13. The first kappa shape index (κ1) is 20.6. The minimum absolute atomic E-state index is 0.271. The number of anilines is 1. The van der Waals surface area contributed by atoms with Gasteiger partial charge in [0.05, 0.1) is 16.4 Å². The van der Waals surface area contributed by atoms with E-state index in [-0.39, 0.29) is 11.2 Å². The van der Waals surface area contributed by atoms with Gasteiger partial charge in [-0.3, -0.25) is 14.5 Å². The standard InChI is InChI=1S/C23H14Cl3N5O/c24-13-3-8-16(9-4-13)31-22(17-10-5-14(25)11-18(17)26)28-21-19(23(31)32)20(29-30-21)12-1-6-15(27)7-2-12/h1-11H,27H2,(H,29,30). The second-order valence-electron chi connectivity index (χ2n) is 7.10. The fraction of sp³-hybridized carbons (Fsp3) is 0. The van der Waals surface area contributed by atoms with E-state index in [1.165, 1.54) is 4.57 Å². The van der Waals surface area contributed by atoms with Gasteiger partial charge in [0.15, 0.2) is 11.5 Å². The summed E-state index contributed by atoms with van der Waals surface area (Å²) in [5.74, 6) is 0.335. The second-order valence-corrected chi connectivity index (χ2v) is 8.38. The number of benzene rings is 3. The van der Waals surface area contributed by atoms with Crippen molar-refractivity contribution in [2.24, 2.45) is 0 Å². The molecule has 0 bridgehead atoms. The smallest absolute Gasteiger partial charge is 0.270 e. The Labute approximate surface area is 197 Å². The molecule has 5 aromatic rings. The number of rotatable bonds is 3. The van der Waals surface area contributed by atoms with Crippen molar-refractivity contribution in [2.45, 2.75) is 0 Å². The third-order valence-electron chi connectivity index (χ3n) is 5.04. The van der Waals surface area contributed by atoms with E-state index in [1.807, 2.05) is 12.1 Å². The highest BCUT2D eigenvalue weighted by atomic mass is 35.5. The van der Waals surface area contributed by atoms with Crippen LogP contribution >= 0.6 is 34.8 Å². The monoisotopic (exact) mass is 481 g/mol. The molecule has 0 aliphatic rings. The Morgan fingerprint density at radius 3 is 2.25 bits per heavy atom. The molecule has 0 fully saturated rings. The van der Waals surface area contributed by atoms with E-state index in [0.29, 0.717) is 48.9 Å². The van der Waals surface area contributed by atoms with Gasteiger partial charge >= 0.3 is 0 Å². The number of hydrogen-bond acceptors (Lipinski definition) is 4. The molecule has 32 heavy (non-hydrogen) atoms. The van der Waals surface area contributed by atoms with E-state index in [4.69, 9.17) is 45.5 Å². The van der Waals surface area contributed by atoms with Gasteiger partial charge in [0, 0.05) is 26.9 Å². The number of H-pyrrole nitrogens is 1. The third-order valence-corrected chi connectivity index (χ3v) is 5.84. The molecule has 0 unspecified atom stereocenters. The first-order chi connectivity index (χ1) is 15.4. The number of nitrogen functional groups attached to an aromatic ring is 1. The van der Waals surface area contributed by atoms with Crippen molar-refractivity contribution in [1.29, 1.82) is 0 Å². The van der Waals surface area contributed by atoms with E-state index in [0.717, 1.165) is 5.56 Å². The van der Waals surface area contributed by atoms with Crippen molar-refractivity contribution in [1.82, 2.24) is 19.7 Å². The lowest BCUT2D eigenvalue weighted by molar-refractivity contribution is 0.971. The van der Waals surface area contributed by atoms with Gasteiger partial charge in [-0.1, -0.05) is 46.9 Å². The second kappa shape index (κ2) is 7.98. The summed E-state index contributed by atoms with van der Waals surface area (Å²) in [5, 5.41) is 8.96. The van der Waals surface area contributed by atoms with E-state index in [2.05, 4.69) is 10.2 Å². The Balaban J connectivity index is 1.86. The molecule has 0 aliphatic carbocycles. The number of nitrogens with one attached hydrogen (secondary N) is 1. The zero-order valence-corrected chi connectivity index (χ0v) is 18.6. The van der Waals surface area contributed by atoms with Gasteiger partial charge in [0.2, 0.25) is 0 Å². The lowest BCUT2D eigenvalue weighted by atomic mass is 10.1. The minimum atomic E-state index is -0.307. The molecule has 0 radical (unpaired) electrons. The first-order valence-electron chi connectivity index (χ1n) is 9.51. The van der Waals surface area contributed by atoms with Crippen LogP contribution in [0.15, 0.2) is 71.5 Å². The highest BCUT2D eigenvalue weighted by Crippen LogP contribution is 2.32. The summed E-state index contributed by atoms with van der Waals surface area (Å²) < 4.78 is 1.49. The summed E-state index contributed by atoms with van der Waals surface area (Å²) in [7, 11) is 0. The molecule has 0 spiro atoms. The van der Waals surface area contributed by atoms with Crippen molar-refractivity contribution in [2.75, 3.05) is 5.73 Å². The molecule has 3 aromatic carbocycles. The van der Waals surface area contributed by atoms with Gasteiger partial charge in [0.1, 0.15) is 5.39 Å². The zero-order valence-electron chi connectivity index (χ0n) is 16.3. The molecule has 6 nitrogen and oxygen atoms in total. The molecule has 5 rings (SSSR count). The molecule has 9 heteroatoms. The number of hydrogen-bond donors (Lipinski definition) is 2. The van der Waals surface area contributed by atoms with Crippen LogP contribution < -0.4 is 11.3 Å². The Kier molecular flexibility index (Phi) is 5.13. The number of aromatic nitrogens is 4. The summed E-state index contributed by atoms with van der Waals surface area (Å²) in [4.78, 5) is 18.5. The molecule has 3 N–H and O–H groups in total. The SMILES string of the molecule is Nc1ccc(-c2[nH]nc3nc(-c4ccc(Cl)cc4Cl)n(-c4ccc(Cl)cc4)c(=O)c23)cc1. The van der Waals surface area contributed by atoms with Crippen LogP contribution in [0, 0.1) is 0 Å². The predicted octanol–water partition coefficient (Wildman–Crippen LogP) is 5.99. The van der Waals surface area contributed by atoms with Crippen LogP contribution in [0.25, 0.3) is 39.4 Å². The van der Waals surface area contributed by atoms with Crippen LogP contribution in [0.2, 0.25) is 15.1 Å². The fourth-order valence-electron chi connectivity index (χ4n) is 3.51. The number of nitrogens with zero attached hydrogens (tertiary/aromatic N) is 3. The average molecular weight is 483 g/mol. The molecule has 158 valence electrons. The van der Waals surface area contributed by atoms with Crippen molar-refractivity contribution >= 4 is 51.5 Å².